The van der Waals surface area contributed by atoms with E-state index in [0.717, 1.165) is 23.3 Å². The Kier molecular flexibility index (Phi) is 8.86. The third kappa shape index (κ3) is 6.15. The van der Waals surface area contributed by atoms with Crippen LogP contribution in [0.4, 0.5) is 0 Å². The lowest BCUT2D eigenvalue weighted by Crippen LogP contribution is -2.31. The number of aliphatic hydroxyl groups is 1. The van der Waals surface area contributed by atoms with E-state index >= 15 is 0 Å². The first-order valence-corrected chi connectivity index (χ1v) is 14.8. The number of aliphatic hydroxyl groups excluding tert-OH is 1. The van der Waals surface area contributed by atoms with Gasteiger partial charge in [-0.15, -0.1) is 0 Å². The molecule has 42 heavy (non-hydrogen) atoms. The standard InChI is InChI=1S/C35H39NO6/c1-5-40-30-21-25(11-14-29(30)41-18-16-22(2)3)32-31(33(37)26-12-13-28-27(20-26)19-23(4)42-28)34(38)35(39)36(32)17-15-24-9-7-6-8-10-24/h6-14,20-23,32,37H,5,15-19H2,1-4H3/b33-31+. The van der Waals surface area contributed by atoms with Crippen LogP contribution >= 0.6 is 0 Å². The second kappa shape index (κ2) is 12.7. The molecule has 2 aliphatic rings. The van der Waals surface area contributed by atoms with Gasteiger partial charge in [-0.2, -0.15) is 0 Å². The second-order valence-electron chi connectivity index (χ2n) is 11.4. The van der Waals surface area contributed by atoms with Gasteiger partial charge >= 0.3 is 0 Å². The van der Waals surface area contributed by atoms with Crippen molar-refractivity contribution in [3.63, 3.8) is 0 Å². The number of benzene rings is 3. The van der Waals surface area contributed by atoms with E-state index in [4.69, 9.17) is 14.2 Å². The molecule has 2 unspecified atom stereocenters. The molecule has 0 spiro atoms. The molecule has 5 rings (SSSR count). The largest absolute Gasteiger partial charge is 0.507 e. The molecule has 0 saturated carbocycles. The minimum absolute atomic E-state index is 0.0409. The maximum Gasteiger partial charge on any atom is 0.295 e. The summed E-state index contributed by atoms with van der Waals surface area (Å²) in [4.78, 5) is 28.7. The first-order chi connectivity index (χ1) is 20.3. The first-order valence-electron chi connectivity index (χ1n) is 14.8. The number of hydrogen-bond acceptors (Lipinski definition) is 6. The average Bonchev–Trinajstić information content (AvgIpc) is 3.47. The molecule has 1 saturated heterocycles. The van der Waals surface area contributed by atoms with Gasteiger partial charge in [0.15, 0.2) is 11.5 Å². The van der Waals surface area contributed by atoms with Crippen molar-refractivity contribution in [2.45, 2.75) is 59.1 Å². The zero-order chi connectivity index (χ0) is 29.8. The predicted octanol–water partition coefficient (Wildman–Crippen LogP) is 6.50. The van der Waals surface area contributed by atoms with E-state index in [1.165, 1.54) is 0 Å². The van der Waals surface area contributed by atoms with Crippen molar-refractivity contribution in [3.05, 3.63) is 94.6 Å². The molecule has 0 bridgehead atoms. The summed E-state index contributed by atoms with van der Waals surface area (Å²) in [6.07, 6.45) is 2.21. The van der Waals surface area contributed by atoms with Crippen LogP contribution in [0.2, 0.25) is 0 Å². The topological polar surface area (TPSA) is 85.3 Å². The van der Waals surface area contributed by atoms with Crippen LogP contribution in [0, 0.1) is 5.92 Å². The molecule has 2 heterocycles. The molecule has 7 heteroatoms. The van der Waals surface area contributed by atoms with Crippen molar-refractivity contribution in [3.8, 4) is 17.2 Å². The molecule has 1 fully saturated rings. The van der Waals surface area contributed by atoms with Crippen molar-refractivity contribution >= 4 is 17.4 Å². The fourth-order valence-corrected chi connectivity index (χ4v) is 5.56. The Labute approximate surface area is 247 Å². The summed E-state index contributed by atoms with van der Waals surface area (Å²) >= 11 is 0. The van der Waals surface area contributed by atoms with Gasteiger partial charge in [-0.1, -0.05) is 50.2 Å². The van der Waals surface area contributed by atoms with Crippen molar-refractivity contribution < 1.29 is 28.9 Å². The van der Waals surface area contributed by atoms with Gasteiger partial charge in [-0.25, -0.2) is 0 Å². The van der Waals surface area contributed by atoms with E-state index in [0.29, 0.717) is 61.1 Å². The van der Waals surface area contributed by atoms with E-state index in [1.54, 1.807) is 11.0 Å². The molecule has 2 atom stereocenters. The number of carbonyl (C=O) groups excluding carboxylic acids is 2. The lowest BCUT2D eigenvalue weighted by atomic mass is 9.94. The van der Waals surface area contributed by atoms with E-state index in [9.17, 15) is 14.7 Å². The number of carbonyl (C=O) groups is 2. The predicted molar refractivity (Wildman–Crippen MR) is 162 cm³/mol. The minimum atomic E-state index is -0.791. The van der Waals surface area contributed by atoms with Crippen LogP contribution in [0.25, 0.3) is 5.76 Å². The quantitative estimate of drug-likeness (QED) is 0.161. The summed E-state index contributed by atoms with van der Waals surface area (Å²) in [7, 11) is 0. The number of nitrogens with zero attached hydrogens (tertiary/aromatic N) is 1. The Morgan fingerprint density at radius 2 is 1.81 bits per heavy atom. The zero-order valence-electron chi connectivity index (χ0n) is 24.8. The lowest BCUT2D eigenvalue weighted by Gasteiger charge is -2.26. The van der Waals surface area contributed by atoms with Crippen LogP contribution < -0.4 is 14.2 Å². The number of hydrogen-bond donors (Lipinski definition) is 1. The molecule has 7 nitrogen and oxygen atoms in total. The smallest absolute Gasteiger partial charge is 0.295 e. The lowest BCUT2D eigenvalue weighted by molar-refractivity contribution is -0.139. The highest BCUT2D eigenvalue weighted by atomic mass is 16.5. The Balaban J connectivity index is 1.56. The van der Waals surface area contributed by atoms with Crippen LogP contribution in [-0.4, -0.2) is 47.6 Å². The van der Waals surface area contributed by atoms with Gasteiger partial charge < -0.3 is 24.2 Å². The number of amides is 1. The minimum Gasteiger partial charge on any atom is -0.507 e. The summed E-state index contributed by atoms with van der Waals surface area (Å²) in [5.41, 5.74) is 3.23. The number of Topliss-reactive ketones (excluding diaryl/α,β-unsaturated/α-hetero) is 1. The van der Waals surface area contributed by atoms with Crippen LogP contribution in [0.15, 0.2) is 72.3 Å². The normalized spacial score (nSPS) is 19.2. The Morgan fingerprint density at radius 3 is 2.55 bits per heavy atom. The van der Waals surface area contributed by atoms with E-state index in [1.807, 2.05) is 74.5 Å². The Morgan fingerprint density at radius 1 is 1.02 bits per heavy atom. The fraction of sp³-hybridized carbons (Fsp3) is 0.371. The summed E-state index contributed by atoms with van der Waals surface area (Å²) in [5.74, 6) is 0.882. The van der Waals surface area contributed by atoms with E-state index in [-0.39, 0.29) is 17.4 Å². The highest BCUT2D eigenvalue weighted by Gasteiger charge is 2.46. The molecule has 0 radical (unpaired) electrons. The molecule has 1 amide bonds. The van der Waals surface area contributed by atoms with Crippen molar-refractivity contribution in [2.24, 2.45) is 5.92 Å². The third-order valence-electron chi connectivity index (χ3n) is 7.73. The summed E-state index contributed by atoms with van der Waals surface area (Å²) < 4.78 is 17.8. The molecule has 220 valence electrons. The SMILES string of the molecule is CCOc1cc(C2/C(=C(\O)c3ccc4c(c3)CC(C)O4)C(=O)C(=O)N2CCc2ccccc2)ccc1OCCC(C)C. The first kappa shape index (κ1) is 29.2. The molecule has 3 aromatic carbocycles. The highest BCUT2D eigenvalue weighted by molar-refractivity contribution is 6.46. The summed E-state index contributed by atoms with van der Waals surface area (Å²) in [6.45, 7) is 9.45. The van der Waals surface area contributed by atoms with Gasteiger partial charge in [0.2, 0.25) is 0 Å². The molecule has 2 aliphatic heterocycles. The number of ketones is 1. The maximum atomic E-state index is 13.6. The number of fused-ring (bicyclic) bond motifs is 1. The van der Waals surface area contributed by atoms with Gasteiger partial charge in [0, 0.05) is 18.5 Å². The molecular formula is C35H39NO6. The van der Waals surface area contributed by atoms with Crippen LogP contribution in [0.1, 0.15) is 62.4 Å². The number of ether oxygens (including phenoxy) is 3. The van der Waals surface area contributed by atoms with Crippen molar-refractivity contribution in [2.75, 3.05) is 19.8 Å². The zero-order valence-corrected chi connectivity index (χ0v) is 24.8. The monoisotopic (exact) mass is 569 g/mol. The summed E-state index contributed by atoms with van der Waals surface area (Å²) in [5, 5.41) is 11.6. The van der Waals surface area contributed by atoms with Crippen LogP contribution in [-0.2, 0) is 22.4 Å². The van der Waals surface area contributed by atoms with E-state index < -0.39 is 17.7 Å². The van der Waals surface area contributed by atoms with Crippen molar-refractivity contribution in [1.29, 1.82) is 0 Å². The van der Waals surface area contributed by atoms with Crippen LogP contribution in [0.5, 0.6) is 17.2 Å². The number of rotatable bonds is 11. The Bertz CT molecular complexity index is 1480. The van der Waals surface area contributed by atoms with Gasteiger partial charge in [-0.3, -0.25) is 9.59 Å². The highest BCUT2D eigenvalue weighted by Crippen LogP contribution is 2.43. The van der Waals surface area contributed by atoms with Crippen LogP contribution in [0.3, 0.4) is 0 Å². The summed E-state index contributed by atoms with van der Waals surface area (Å²) in [6, 6.07) is 19.9. The van der Waals surface area contributed by atoms with Gasteiger partial charge in [-0.05, 0) is 79.6 Å². The molecular weight excluding hydrogens is 530 g/mol. The van der Waals surface area contributed by atoms with Crippen molar-refractivity contribution in [1.82, 2.24) is 4.90 Å². The Hall–Kier alpha value is -4.26. The molecule has 0 aliphatic carbocycles. The van der Waals surface area contributed by atoms with Gasteiger partial charge in [0.1, 0.15) is 17.6 Å². The second-order valence-corrected chi connectivity index (χ2v) is 11.4. The number of likely N-dealkylation sites (tertiary alicyclic amines) is 1. The third-order valence-corrected chi connectivity index (χ3v) is 7.73. The maximum absolute atomic E-state index is 13.6. The molecule has 0 aromatic heterocycles. The average molecular weight is 570 g/mol. The fourth-order valence-electron chi connectivity index (χ4n) is 5.56. The molecule has 1 N–H and O–H groups in total. The molecule has 3 aromatic rings. The van der Waals surface area contributed by atoms with E-state index in [2.05, 4.69) is 13.8 Å². The van der Waals surface area contributed by atoms with Gasteiger partial charge in [0.25, 0.3) is 11.7 Å². The van der Waals surface area contributed by atoms with Gasteiger partial charge in [0.05, 0.1) is 24.8 Å².